The van der Waals surface area contributed by atoms with Gasteiger partial charge in [-0.2, -0.15) is 8.78 Å². The molecule has 0 aliphatic carbocycles. The van der Waals surface area contributed by atoms with E-state index in [1.165, 1.54) is 12.5 Å². The number of hydrogen-bond donors (Lipinski definition) is 1. The lowest BCUT2D eigenvalue weighted by Crippen LogP contribution is -2.31. The number of carbonyl (C=O) groups is 1. The van der Waals surface area contributed by atoms with Crippen LogP contribution in [0.3, 0.4) is 0 Å². The van der Waals surface area contributed by atoms with Gasteiger partial charge in [-0.25, -0.2) is 9.78 Å². The molecule has 0 unspecified atom stereocenters. The van der Waals surface area contributed by atoms with Crippen LogP contribution in [0.1, 0.15) is 42.4 Å². The van der Waals surface area contributed by atoms with Crippen LogP contribution in [0, 0.1) is 0 Å². The van der Waals surface area contributed by atoms with Crippen LogP contribution in [0.4, 0.5) is 8.78 Å². The summed E-state index contributed by atoms with van der Waals surface area (Å²) < 4.78 is 31.5. The number of aromatic nitrogens is 2. The van der Waals surface area contributed by atoms with Crippen LogP contribution >= 0.6 is 0 Å². The van der Waals surface area contributed by atoms with E-state index in [1.807, 2.05) is 4.57 Å². The topological polar surface area (TPSA) is 67.6 Å². The van der Waals surface area contributed by atoms with Gasteiger partial charge in [-0.05, 0) is 51.1 Å². The normalized spacial score (nSPS) is 17.1. The number of benzene rings is 1. The summed E-state index contributed by atoms with van der Waals surface area (Å²) >= 11 is 0. The monoisotopic (exact) mass is 367 g/mol. The Morgan fingerprint density at radius 1 is 1.31 bits per heavy atom. The van der Waals surface area contributed by atoms with Gasteiger partial charge in [-0.15, -0.1) is 0 Å². The van der Waals surface area contributed by atoms with Crippen molar-refractivity contribution in [2.24, 2.45) is 0 Å². The molecule has 0 radical (unpaired) electrons. The largest absolute Gasteiger partial charge is 0.478 e. The van der Waals surface area contributed by atoms with Crippen molar-refractivity contribution >= 4 is 17.0 Å². The van der Waals surface area contributed by atoms with E-state index in [0.717, 1.165) is 31.8 Å². The summed E-state index contributed by atoms with van der Waals surface area (Å²) in [6, 6.07) is 4.71. The summed E-state index contributed by atoms with van der Waals surface area (Å²) in [7, 11) is 0. The number of alkyl halides is 2. The molecule has 0 saturated carbocycles. The van der Waals surface area contributed by atoms with Crippen molar-refractivity contribution in [2.75, 3.05) is 13.1 Å². The fraction of sp³-hybridized carbons (Fsp3) is 0.556. The second-order valence-electron chi connectivity index (χ2n) is 6.69. The van der Waals surface area contributed by atoms with Crippen LogP contribution in [0.25, 0.3) is 11.0 Å². The number of nitrogens with zero attached hydrogens (tertiary/aromatic N) is 3. The zero-order chi connectivity index (χ0) is 18.7. The molecule has 142 valence electrons. The molecule has 1 aromatic heterocycles. The van der Waals surface area contributed by atoms with E-state index < -0.39 is 18.7 Å². The predicted octanol–water partition coefficient (Wildman–Crippen LogP) is 3.35. The third-order valence-electron chi connectivity index (χ3n) is 4.66. The first-order chi connectivity index (χ1) is 12.4. The van der Waals surface area contributed by atoms with Crippen LogP contribution in [-0.2, 0) is 17.8 Å². The highest BCUT2D eigenvalue weighted by molar-refractivity contribution is 5.92. The lowest BCUT2D eigenvalue weighted by atomic mass is 10.1. The Hall–Kier alpha value is -2.06. The number of likely N-dealkylation sites (tertiary alicyclic amines) is 1. The van der Waals surface area contributed by atoms with Crippen molar-refractivity contribution in [2.45, 2.75) is 52.0 Å². The maximum Gasteiger partial charge on any atom is 0.345 e. The fourth-order valence-corrected chi connectivity index (χ4v) is 3.42. The number of rotatable bonds is 7. The van der Waals surface area contributed by atoms with Gasteiger partial charge in [-0.1, -0.05) is 6.42 Å². The minimum absolute atomic E-state index is 0.144. The Morgan fingerprint density at radius 3 is 2.69 bits per heavy atom. The zero-order valence-corrected chi connectivity index (χ0v) is 14.7. The van der Waals surface area contributed by atoms with Gasteiger partial charge >= 0.3 is 12.6 Å². The highest BCUT2D eigenvalue weighted by Crippen LogP contribution is 2.22. The van der Waals surface area contributed by atoms with Crippen LogP contribution in [0.2, 0.25) is 0 Å². The maximum atomic E-state index is 12.5. The van der Waals surface area contributed by atoms with Gasteiger partial charge in [0.1, 0.15) is 5.82 Å². The van der Waals surface area contributed by atoms with Crippen molar-refractivity contribution < 1.29 is 23.4 Å². The summed E-state index contributed by atoms with van der Waals surface area (Å²) in [4.78, 5) is 18.2. The summed E-state index contributed by atoms with van der Waals surface area (Å²) in [5.74, 6) is -0.289. The molecule has 6 nitrogen and oxygen atoms in total. The van der Waals surface area contributed by atoms with Crippen LogP contribution in [0.15, 0.2) is 18.2 Å². The molecular weight excluding hydrogens is 344 g/mol. The number of carboxylic acid groups (broad SMARTS) is 1. The van der Waals surface area contributed by atoms with Crippen LogP contribution in [-0.4, -0.2) is 51.3 Å². The van der Waals surface area contributed by atoms with Crippen LogP contribution in [0.5, 0.6) is 0 Å². The van der Waals surface area contributed by atoms with E-state index in [9.17, 15) is 18.7 Å². The van der Waals surface area contributed by atoms with Crippen molar-refractivity contribution in [1.29, 1.82) is 0 Å². The molecule has 3 rings (SSSR count). The number of ether oxygens (including phenoxy) is 1. The van der Waals surface area contributed by atoms with Gasteiger partial charge in [0.25, 0.3) is 0 Å². The number of carboxylic acids is 1. The quantitative estimate of drug-likeness (QED) is 0.813. The molecule has 0 bridgehead atoms. The first-order valence-corrected chi connectivity index (χ1v) is 8.82. The third kappa shape index (κ3) is 4.37. The molecule has 1 saturated heterocycles. The van der Waals surface area contributed by atoms with Gasteiger partial charge < -0.3 is 14.4 Å². The minimum Gasteiger partial charge on any atom is -0.478 e. The highest BCUT2D eigenvalue weighted by atomic mass is 19.3. The average Bonchev–Trinajstić information content (AvgIpc) is 2.91. The average molecular weight is 367 g/mol. The smallest absolute Gasteiger partial charge is 0.345 e. The SMILES string of the molecule is C[C@@H](Cn1c(CN2CCCCC2)nc2ccc(C(=O)O)cc21)OC(F)F. The molecule has 1 atom stereocenters. The Bertz CT molecular complexity index is 772. The highest BCUT2D eigenvalue weighted by Gasteiger charge is 2.20. The van der Waals surface area contributed by atoms with E-state index in [1.54, 1.807) is 19.1 Å². The summed E-state index contributed by atoms with van der Waals surface area (Å²) in [5, 5.41) is 9.24. The first kappa shape index (κ1) is 18.7. The Balaban J connectivity index is 1.95. The van der Waals surface area contributed by atoms with E-state index in [0.29, 0.717) is 17.6 Å². The molecule has 2 heterocycles. The Labute approximate surface area is 150 Å². The van der Waals surface area contributed by atoms with Crippen molar-refractivity contribution in [3.8, 4) is 0 Å². The lowest BCUT2D eigenvalue weighted by Gasteiger charge is -2.26. The number of aromatic carboxylic acids is 1. The fourth-order valence-electron chi connectivity index (χ4n) is 3.42. The summed E-state index contributed by atoms with van der Waals surface area (Å²) in [6.45, 7) is 1.48. The molecule has 1 aliphatic rings. The molecule has 1 aliphatic heterocycles. The minimum atomic E-state index is -2.85. The molecule has 1 aromatic carbocycles. The second kappa shape index (κ2) is 8.09. The van der Waals surface area contributed by atoms with Crippen LogP contribution < -0.4 is 0 Å². The van der Waals surface area contributed by atoms with Crippen molar-refractivity contribution in [1.82, 2.24) is 14.5 Å². The van der Waals surface area contributed by atoms with E-state index in [4.69, 9.17) is 0 Å². The van der Waals surface area contributed by atoms with Crippen molar-refractivity contribution in [3.63, 3.8) is 0 Å². The van der Waals surface area contributed by atoms with Crippen molar-refractivity contribution in [3.05, 3.63) is 29.6 Å². The van der Waals surface area contributed by atoms with Gasteiger partial charge in [0, 0.05) is 0 Å². The van der Waals surface area contributed by atoms with Gasteiger partial charge in [-0.3, -0.25) is 4.90 Å². The molecule has 26 heavy (non-hydrogen) atoms. The van der Waals surface area contributed by atoms with Gasteiger partial charge in [0.2, 0.25) is 0 Å². The van der Waals surface area contributed by atoms with E-state index >= 15 is 0 Å². The summed E-state index contributed by atoms with van der Waals surface area (Å²) in [6.07, 6.45) is 2.76. The second-order valence-corrected chi connectivity index (χ2v) is 6.69. The third-order valence-corrected chi connectivity index (χ3v) is 4.66. The summed E-state index contributed by atoms with van der Waals surface area (Å²) in [5.41, 5.74) is 1.43. The molecule has 0 spiro atoms. The molecule has 2 aromatic rings. The molecular formula is C18H23F2N3O3. The van der Waals surface area contributed by atoms with E-state index in [-0.39, 0.29) is 12.1 Å². The lowest BCUT2D eigenvalue weighted by molar-refractivity contribution is -0.160. The molecule has 1 fully saturated rings. The number of imidazole rings is 1. The standard InChI is InChI=1S/C18H23F2N3O3/c1-12(26-18(19)20)10-23-15-9-13(17(24)25)5-6-14(15)21-16(23)11-22-7-3-2-4-8-22/h5-6,9,12,18H,2-4,7-8,10-11H2,1H3,(H,24,25)/t12-/m0/s1. The zero-order valence-electron chi connectivity index (χ0n) is 14.7. The number of halogens is 2. The van der Waals surface area contributed by atoms with Gasteiger partial charge in [0.15, 0.2) is 0 Å². The Morgan fingerprint density at radius 2 is 2.04 bits per heavy atom. The predicted molar refractivity (Wildman–Crippen MR) is 92.4 cm³/mol. The Kier molecular flexibility index (Phi) is 5.83. The molecule has 0 amide bonds. The van der Waals surface area contributed by atoms with Gasteiger partial charge in [0.05, 0.1) is 35.8 Å². The number of hydrogen-bond acceptors (Lipinski definition) is 4. The molecule has 1 N–H and O–H groups in total. The maximum absolute atomic E-state index is 12.5. The first-order valence-electron chi connectivity index (χ1n) is 8.82. The van der Waals surface area contributed by atoms with E-state index in [2.05, 4.69) is 14.6 Å². The molecule has 8 heteroatoms. The number of fused-ring (bicyclic) bond motifs is 1. The number of piperidine rings is 1.